The van der Waals surface area contributed by atoms with Gasteiger partial charge in [-0.2, -0.15) is 0 Å². The summed E-state index contributed by atoms with van der Waals surface area (Å²) >= 11 is 0. The van der Waals surface area contributed by atoms with Crippen molar-refractivity contribution in [1.29, 1.82) is 0 Å². The Morgan fingerprint density at radius 2 is 2.00 bits per heavy atom. The highest BCUT2D eigenvalue weighted by molar-refractivity contribution is 5.42. The molecule has 0 heterocycles. The second-order valence-corrected chi connectivity index (χ2v) is 8.03. The van der Waals surface area contributed by atoms with Crippen molar-refractivity contribution in [1.82, 2.24) is 10.2 Å². The van der Waals surface area contributed by atoms with E-state index in [2.05, 4.69) is 57.6 Å². The molecule has 0 bridgehead atoms. The zero-order chi connectivity index (χ0) is 19.4. The Bertz CT molecular complexity index is 475. The van der Waals surface area contributed by atoms with Crippen LogP contribution in [-0.4, -0.2) is 38.1 Å². The number of rotatable bonds is 14. The van der Waals surface area contributed by atoms with Crippen molar-refractivity contribution in [2.75, 3.05) is 33.2 Å². The number of nitrogens with one attached hydrogen (secondary N) is 1. The average Bonchev–Trinajstić information content (AvgIpc) is 2.66. The van der Waals surface area contributed by atoms with Crippen LogP contribution in [0.1, 0.15) is 79.1 Å². The van der Waals surface area contributed by atoms with Crippen LogP contribution in [0.3, 0.4) is 0 Å². The van der Waals surface area contributed by atoms with E-state index in [4.69, 9.17) is 0 Å². The van der Waals surface area contributed by atoms with Gasteiger partial charge in [0.15, 0.2) is 0 Å². The summed E-state index contributed by atoms with van der Waals surface area (Å²) in [7, 11) is 2.26. The maximum Gasteiger partial charge on any atom is 0.0132 e. The summed E-state index contributed by atoms with van der Waals surface area (Å²) < 4.78 is 0. The molecule has 1 aliphatic carbocycles. The number of hydrogen-bond acceptors (Lipinski definition) is 2. The van der Waals surface area contributed by atoms with E-state index in [9.17, 15) is 0 Å². The zero-order valence-electron chi connectivity index (χ0n) is 18.3. The minimum absolute atomic E-state index is 0.319. The Morgan fingerprint density at radius 3 is 2.62 bits per heavy atom. The predicted molar refractivity (Wildman–Crippen MR) is 118 cm³/mol. The van der Waals surface area contributed by atoms with Gasteiger partial charge >= 0.3 is 0 Å². The van der Waals surface area contributed by atoms with Crippen molar-refractivity contribution in [3.05, 3.63) is 35.5 Å². The lowest BCUT2D eigenvalue weighted by molar-refractivity contribution is 0.219. The minimum Gasteiger partial charge on any atom is -0.313 e. The molecule has 0 spiro atoms. The number of unbranched alkanes of at least 4 members (excludes halogenated alkanes) is 1. The summed E-state index contributed by atoms with van der Waals surface area (Å²) in [5, 5.41) is 3.58. The molecule has 0 fully saturated rings. The molecule has 1 N–H and O–H groups in total. The molecule has 0 aromatic heterocycles. The van der Waals surface area contributed by atoms with Gasteiger partial charge in [0.2, 0.25) is 0 Å². The summed E-state index contributed by atoms with van der Waals surface area (Å²) in [5.74, 6) is 0. The lowest BCUT2D eigenvalue weighted by Crippen LogP contribution is -2.35. The normalized spacial score (nSPS) is 17.4. The highest BCUT2D eigenvalue weighted by Gasteiger charge is 2.36. The van der Waals surface area contributed by atoms with Gasteiger partial charge in [0, 0.05) is 6.54 Å². The van der Waals surface area contributed by atoms with E-state index >= 15 is 0 Å². The van der Waals surface area contributed by atoms with Gasteiger partial charge in [-0.15, -0.1) is 6.58 Å². The quantitative estimate of drug-likeness (QED) is 0.297. The van der Waals surface area contributed by atoms with Crippen molar-refractivity contribution in [2.24, 2.45) is 5.41 Å². The van der Waals surface area contributed by atoms with Crippen LogP contribution >= 0.6 is 0 Å². The van der Waals surface area contributed by atoms with Crippen LogP contribution in [0.2, 0.25) is 0 Å². The zero-order valence-corrected chi connectivity index (χ0v) is 18.3. The first-order chi connectivity index (χ1) is 12.5. The molecular weight excluding hydrogens is 316 g/mol. The molecule has 1 unspecified atom stereocenters. The second kappa shape index (κ2) is 12.5. The molecule has 0 amide bonds. The summed E-state index contributed by atoms with van der Waals surface area (Å²) in [5.41, 5.74) is 5.33. The van der Waals surface area contributed by atoms with Crippen molar-refractivity contribution >= 4 is 0 Å². The van der Waals surface area contributed by atoms with Crippen molar-refractivity contribution < 1.29 is 0 Å². The fraction of sp³-hybridized carbons (Fsp3) is 0.750. The lowest BCUT2D eigenvalue weighted by Gasteiger charge is -2.41. The van der Waals surface area contributed by atoms with Gasteiger partial charge in [0.1, 0.15) is 0 Å². The van der Waals surface area contributed by atoms with Gasteiger partial charge in [0.25, 0.3) is 0 Å². The van der Waals surface area contributed by atoms with E-state index in [1.807, 2.05) is 6.08 Å². The van der Waals surface area contributed by atoms with Crippen LogP contribution in [0.5, 0.6) is 0 Å². The maximum absolute atomic E-state index is 3.85. The molecule has 0 radical (unpaired) electrons. The highest BCUT2D eigenvalue weighted by atomic mass is 15.1. The first-order valence-corrected chi connectivity index (χ1v) is 10.9. The Kier molecular flexibility index (Phi) is 11.2. The lowest BCUT2D eigenvalue weighted by atomic mass is 9.65. The van der Waals surface area contributed by atoms with E-state index < -0.39 is 0 Å². The fourth-order valence-corrected chi connectivity index (χ4v) is 4.48. The summed E-state index contributed by atoms with van der Waals surface area (Å²) in [6.45, 7) is 17.5. The van der Waals surface area contributed by atoms with Gasteiger partial charge in [-0.1, -0.05) is 56.9 Å². The third kappa shape index (κ3) is 6.70. The number of nitrogens with zero attached hydrogens (tertiary/aromatic N) is 1. The van der Waals surface area contributed by atoms with Crippen molar-refractivity contribution in [3.63, 3.8) is 0 Å². The fourth-order valence-electron chi connectivity index (χ4n) is 4.48. The Hall–Kier alpha value is -0.860. The van der Waals surface area contributed by atoms with E-state index in [1.165, 1.54) is 57.9 Å². The molecule has 0 saturated heterocycles. The van der Waals surface area contributed by atoms with Gasteiger partial charge in [0.05, 0.1) is 0 Å². The van der Waals surface area contributed by atoms with Crippen molar-refractivity contribution in [2.45, 2.75) is 79.1 Å². The van der Waals surface area contributed by atoms with E-state index in [0.29, 0.717) is 5.41 Å². The Labute approximate surface area is 163 Å². The molecule has 0 saturated carbocycles. The van der Waals surface area contributed by atoms with Crippen LogP contribution in [0.15, 0.2) is 35.5 Å². The van der Waals surface area contributed by atoms with Crippen LogP contribution in [0, 0.1) is 5.41 Å². The van der Waals surface area contributed by atoms with Crippen LogP contribution < -0.4 is 5.32 Å². The van der Waals surface area contributed by atoms with Gasteiger partial charge in [-0.25, -0.2) is 0 Å². The largest absolute Gasteiger partial charge is 0.313 e. The Balaban J connectivity index is 3.21. The molecule has 0 aromatic carbocycles. The first-order valence-electron chi connectivity index (χ1n) is 10.9. The molecule has 0 aromatic rings. The second-order valence-electron chi connectivity index (χ2n) is 8.03. The molecule has 1 rings (SSSR count). The van der Waals surface area contributed by atoms with E-state index in [1.54, 1.807) is 16.7 Å². The topological polar surface area (TPSA) is 15.3 Å². The van der Waals surface area contributed by atoms with Gasteiger partial charge in [-0.3, -0.25) is 0 Å². The van der Waals surface area contributed by atoms with Crippen LogP contribution in [0.4, 0.5) is 0 Å². The summed E-state index contributed by atoms with van der Waals surface area (Å²) in [4.78, 5) is 2.48. The molecule has 150 valence electrons. The third-order valence-corrected chi connectivity index (χ3v) is 6.19. The summed E-state index contributed by atoms with van der Waals surface area (Å²) in [6.07, 6.45) is 14.6. The molecule has 2 heteroatoms. The molecule has 1 atom stereocenters. The molecule has 1 aliphatic rings. The number of allylic oxidation sites excluding steroid dienone is 4. The average molecular weight is 361 g/mol. The third-order valence-electron chi connectivity index (χ3n) is 6.19. The van der Waals surface area contributed by atoms with Crippen molar-refractivity contribution in [3.8, 4) is 0 Å². The van der Waals surface area contributed by atoms with E-state index in [-0.39, 0.29) is 0 Å². The minimum atomic E-state index is 0.319. The SMILES string of the molecule is C=CCNCCC(CCCC)(CCN(C)CC)C1=C(CC)CCC=C1C. The highest BCUT2D eigenvalue weighted by Crippen LogP contribution is 2.48. The standard InChI is InChI=1S/C24H44N2/c1-7-11-15-24(16-19-25-18-8-2,17-20-26(6)10-4)23-21(5)13-12-14-22(23)9-3/h8,13,25H,2,7,9-12,14-20H2,1,3-6H3. The van der Waals surface area contributed by atoms with Gasteiger partial charge < -0.3 is 10.2 Å². The first kappa shape index (κ1) is 23.2. The molecule has 0 aliphatic heterocycles. The summed E-state index contributed by atoms with van der Waals surface area (Å²) in [6, 6.07) is 0. The smallest absolute Gasteiger partial charge is 0.0132 e. The number of hydrogen-bond donors (Lipinski definition) is 1. The predicted octanol–water partition coefficient (Wildman–Crippen LogP) is 6.12. The maximum atomic E-state index is 3.85. The van der Waals surface area contributed by atoms with E-state index in [0.717, 1.165) is 19.6 Å². The molecule has 2 nitrogen and oxygen atoms in total. The van der Waals surface area contributed by atoms with Crippen LogP contribution in [-0.2, 0) is 0 Å². The van der Waals surface area contributed by atoms with Gasteiger partial charge in [-0.05, 0) is 83.1 Å². The molecule has 26 heavy (non-hydrogen) atoms. The molecular formula is C24H44N2. The monoisotopic (exact) mass is 360 g/mol. The Morgan fingerprint density at radius 1 is 1.23 bits per heavy atom. The van der Waals surface area contributed by atoms with Crippen LogP contribution in [0.25, 0.3) is 0 Å².